The Hall–Kier alpha value is -0.170. The third kappa shape index (κ3) is 3.41. The van der Waals surface area contributed by atoms with Crippen molar-refractivity contribution in [2.24, 2.45) is 0 Å². The first-order chi connectivity index (χ1) is 6.97. The van der Waals surface area contributed by atoms with Gasteiger partial charge in [0.05, 0.1) is 12.4 Å². The number of rotatable bonds is 5. The summed E-state index contributed by atoms with van der Waals surface area (Å²) in [6.07, 6.45) is 1.96. The van der Waals surface area contributed by atoms with Crippen molar-refractivity contribution in [2.45, 2.75) is 31.8 Å². The van der Waals surface area contributed by atoms with Gasteiger partial charge in [0.15, 0.2) is 0 Å². The van der Waals surface area contributed by atoms with E-state index >= 15 is 0 Å². The van der Waals surface area contributed by atoms with Crippen molar-refractivity contribution >= 4 is 10.0 Å². The number of hydrogen-bond acceptors (Lipinski definition) is 4. The van der Waals surface area contributed by atoms with E-state index in [2.05, 4.69) is 5.32 Å². The van der Waals surface area contributed by atoms with Crippen LogP contribution in [-0.4, -0.2) is 55.9 Å². The molecule has 2 N–H and O–H groups in total. The number of sulfonamides is 1. The summed E-state index contributed by atoms with van der Waals surface area (Å²) in [5.41, 5.74) is 0. The zero-order chi connectivity index (χ0) is 11.5. The molecular weight excluding hydrogens is 216 g/mol. The van der Waals surface area contributed by atoms with Crippen LogP contribution in [0.1, 0.15) is 19.8 Å². The molecule has 15 heavy (non-hydrogen) atoms. The van der Waals surface area contributed by atoms with Gasteiger partial charge in [-0.15, -0.1) is 0 Å². The monoisotopic (exact) mass is 236 g/mol. The van der Waals surface area contributed by atoms with Gasteiger partial charge in [-0.2, -0.15) is 4.31 Å². The Balaban J connectivity index is 2.57. The molecule has 2 atom stereocenters. The third-order valence-electron chi connectivity index (χ3n) is 2.90. The predicted octanol–water partition coefficient (Wildman–Crippen LogP) is -0.619. The van der Waals surface area contributed by atoms with Crippen LogP contribution in [0.4, 0.5) is 0 Å². The maximum Gasteiger partial charge on any atom is 0.215 e. The number of aliphatic hydroxyl groups excluding tert-OH is 1. The first-order valence-corrected chi connectivity index (χ1v) is 6.88. The topological polar surface area (TPSA) is 69.6 Å². The summed E-state index contributed by atoms with van der Waals surface area (Å²) in [7, 11) is -1.73. The van der Waals surface area contributed by atoms with Crippen LogP contribution in [0.3, 0.4) is 0 Å². The van der Waals surface area contributed by atoms with Crippen LogP contribution >= 0.6 is 0 Å². The van der Waals surface area contributed by atoms with Crippen LogP contribution in [0.25, 0.3) is 0 Å². The minimum absolute atomic E-state index is 0.0725. The summed E-state index contributed by atoms with van der Waals surface area (Å²) in [5, 5.41) is 12.1. The van der Waals surface area contributed by atoms with Crippen molar-refractivity contribution < 1.29 is 13.5 Å². The lowest BCUT2D eigenvalue weighted by Gasteiger charge is -2.24. The van der Waals surface area contributed by atoms with Crippen molar-refractivity contribution in [1.82, 2.24) is 9.62 Å². The Bertz CT molecular complexity index is 286. The molecule has 0 aromatic heterocycles. The Kier molecular flexibility index (Phi) is 4.51. The van der Waals surface area contributed by atoms with Gasteiger partial charge in [-0.05, 0) is 26.3 Å². The van der Waals surface area contributed by atoms with Gasteiger partial charge in [0.1, 0.15) is 0 Å². The zero-order valence-corrected chi connectivity index (χ0v) is 10.1. The smallest absolute Gasteiger partial charge is 0.215 e. The summed E-state index contributed by atoms with van der Waals surface area (Å²) in [6.45, 7) is 2.45. The minimum Gasteiger partial charge on any atom is -0.395 e. The molecule has 0 aromatic rings. The highest BCUT2D eigenvalue weighted by molar-refractivity contribution is 7.89. The van der Waals surface area contributed by atoms with E-state index in [1.807, 2.05) is 0 Å². The molecule has 0 aliphatic carbocycles. The lowest BCUT2D eigenvalue weighted by atomic mass is 10.3. The zero-order valence-electron chi connectivity index (χ0n) is 9.31. The highest BCUT2D eigenvalue weighted by Crippen LogP contribution is 2.11. The SMILES string of the molecule is CC(CO)N(C)S(=O)(=O)CC1CCCN1. The van der Waals surface area contributed by atoms with Gasteiger partial charge in [-0.25, -0.2) is 8.42 Å². The van der Waals surface area contributed by atoms with Crippen LogP contribution < -0.4 is 5.32 Å². The maximum atomic E-state index is 11.9. The number of nitrogens with one attached hydrogen (secondary N) is 1. The molecule has 1 heterocycles. The van der Waals surface area contributed by atoms with Crippen LogP contribution in [0, 0.1) is 0 Å². The van der Waals surface area contributed by atoms with Gasteiger partial charge >= 0.3 is 0 Å². The second-order valence-corrected chi connectivity index (χ2v) is 6.19. The Morgan fingerprint density at radius 2 is 2.27 bits per heavy atom. The second-order valence-electron chi connectivity index (χ2n) is 4.12. The molecule has 1 aliphatic heterocycles. The van der Waals surface area contributed by atoms with Gasteiger partial charge < -0.3 is 10.4 Å². The minimum atomic E-state index is -3.24. The summed E-state index contributed by atoms with van der Waals surface area (Å²) >= 11 is 0. The van der Waals surface area contributed by atoms with Crippen molar-refractivity contribution in [3.63, 3.8) is 0 Å². The van der Waals surface area contributed by atoms with E-state index in [0.717, 1.165) is 19.4 Å². The van der Waals surface area contributed by atoms with Crippen LogP contribution in [0.2, 0.25) is 0 Å². The van der Waals surface area contributed by atoms with Crippen molar-refractivity contribution in [2.75, 3.05) is 26.0 Å². The molecule has 0 amide bonds. The average Bonchev–Trinajstić information content (AvgIpc) is 2.67. The molecule has 0 spiro atoms. The Morgan fingerprint density at radius 1 is 1.60 bits per heavy atom. The largest absolute Gasteiger partial charge is 0.395 e. The average molecular weight is 236 g/mol. The van der Waals surface area contributed by atoms with Gasteiger partial charge in [-0.3, -0.25) is 0 Å². The van der Waals surface area contributed by atoms with Crippen molar-refractivity contribution in [1.29, 1.82) is 0 Å². The number of likely N-dealkylation sites (N-methyl/N-ethyl adjacent to an activating group) is 1. The van der Waals surface area contributed by atoms with Gasteiger partial charge in [0.2, 0.25) is 10.0 Å². The summed E-state index contributed by atoms with van der Waals surface area (Å²) < 4.78 is 25.0. The predicted molar refractivity (Wildman–Crippen MR) is 59.1 cm³/mol. The Morgan fingerprint density at radius 3 is 2.73 bits per heavy atom. The first kappa shape index (κ1) is 12.9. The quantitative estimate of drug-likeness (QED) is 0.667. The first-order valence-electron chi connectivity index (χ1n) is 5.27. The van der Waals surface area contributed by atoms with E-state index in [9.17, 15) is 8.42 Å². The standard InChI is InChI=1S/C9H20N2O3S/c1-8(6-12)11(2)15(13,14)7-9-4-3-5-10-9/h8-10,12H,3-7H2,1-2H3. The molecule has 2 unspecified atom stereocenters. The molecule has 1 rings (SSSR count). The van der Waals surface area contributed by atoms with E-state index in [4.69, 9.17) is 5.11 Å². The number of nitrogens with zero attached hydrogens (tertiary/aromatic N) is 1. The van der Waals surface area contributed by atoms with E-state index in [1.54, 1.807) is 6.92 Å². The third-order valence-corrected chi connectivity index (χ3v) is 4.96. The fourth-order valence-electron chi connectivity index (χ4n) is 1.66. The van der Waals surface area contributed by atoms with Crippen LogP contribution in [0.15, 0.2) is 0 Å². The molecule has 5 nitrogen and oxygen atoms in total. The van der Waals surface area contributed by atoms with E-state index in [1.165, 1.54) is 11.4 Å². The highest BCUT2D eigenvalue weighted by atomic mass is 32.2. The molecule has 6 heteroatoms. The number of aliphatic hydroxyl groups is 1. The van der Waals surface area contributed by atoms with Gasteiger partial charge in [-0.1, -0.05) is 0 Å². The molecule has 0 aromatic carbocycles. The molecule has 0 radical (unpaired) electrons. The maximum absolute atomic E-state index is 11.9. The second kappa shape index (κ2) is 5.25. The van der Waals surface area contributed by atoms with Crippen molar-refractivity contribution in [3.8, 4) is 0 Å². The Labute approximate surface area is 91.5 Å². The van der Waals surface area contributed by atoms with Crippen LogP contribution in [0.5, 0.6) is 0 Å². The molecular formula is C9H20N2O3S. The normalized spacial score (nSPS) is 24.7. The fourth-order valence-corrected chi connectivity index (χ4v) is 3.30. The summed E-state index contributed by atoms with van der Waals surface area (Å²) in [5.74, 6) is 0.133. The number of hydrogen-bond donors (Lipinski definition) is 2. The molecule has 0 saturated carbocycles. The molecule has 1 saturated heterocycles. The lowest BCUT2D eigenvalue weighted by Crippen LogP contribution is -2.43. The highest BCUT2D eigenvalue weighted by Gasteiger charge is 2.27. The fraction of sp³-hybridized carbons (Fsp3) is 1.00. The van der Waals surface area contributed by atoms with E-state index in [-0.39, 0.29) is 24.4 Å². The van der Waals surface area contributed by atoms with Gasteiger partial charge in [0, 0.05) is 19.1 Å². The van der Waals surface area contributed by atoms with E-state index in [0.29, 0.717) is 0 Å². The molecule has 1 aliphatic rings. The summed E-state index contributed by atoms with van der Waals surface area (Å²) in [4.78, 5) is 0. The van der Waals surface area contributed by atoms with Crippen molar-refractivity contribution in [3.05, 3.63) is 0 Å². The summed E-state index contributed by atoms with van der Waals surface area (Å²) in [6, 6.07) is -0.278. The molecule has 0 bridgehead atoms. The van der Waals surface area contributed by atoms with Crippen LogP contribution in [-0.2, 0) is 10.0 Å². The lowest BCUT2D eigenvalue weighted by molar-refractivity contribution is 0.213. The molecule has 1 fully saturated rings. The molecule has 90 valence electrons. The van der Waals surface area contributed by atoms with Gasteiger partial charge in [0.25, 0.3) is 0 Å². The van der Waals surface area contributed by atoms with E-state index < -0.39 is 10.0 Å².